The molecule has 2 heteroatoms. The van der Waals surface area contributed by atoms with Crippen LogP contribution >= 0.6 is 0 Å². The number of hydrogen-bond donors (Lipinski definition) is 1. The van der Waals surface area contributed by atoms with E-state index in [-0.39, 0.29) is 4.70 Å². The van der Waals surface area contributed by atoms with Crippen LogP contribution < -0.4 is 9.60 Å². The molecule has 0 unspecified atom stereocenters. The monoisotopic (exact) mass is 227 g/mol. The molecule has 0 fully saturated rings. The summed E-state index contributed by atoms with van der Waals surface area (Å²) in [5.41, 5.74) is 0. The summed E-state index contributed by atoms with van der Waals surface area (Å²) in [4.78, 5) is 1.51. The summed E-state index contributed by atoms with van der Waals surface area (Å²) in [5, 5.41) is 0. The van der Waals surface area contributed by atoms with Crippen LogP contribution in [0.5, 0.6) is 0 Å². The van der Waals surface area contributed by atoms with Gasteiger partial charge in [-0.15, -0.1) is 0 Å². The lowest BCUT2D eigenvalue weighted by molar-refractivity contribution is -0.787. The Morgan fingerprint density at radius 1 is 0.750 bits per heavy atom. The van der Waals surface area contributed by atoms with E-state index in [4.69, 9.17) is 0 Å². The fourth-order valence-corrected chi connectivity index (χ4v) is 2.04. The van der Waals surface area contributed by atoms with Gasteiger partial charge in [0.05, 0.1) is 18.9 Å². The number of unbranched alkanes of at least 4 members (excludes halogenated alkanes) is 7. The van der Waals surface area contributed by atoms with Crippen molar-refractivity contribution in [3.8, 4) is 0 Å². The Hall–Kier alpha value is -0.630. The van der Waals surface area contributed by atoms with Gasteiger partial charge in [0.2, 0.25) is 0 Å². The van der Waals surface area contributed by atoms with E-state index >= 15 is 0 Å². The van der Waals surface area contributed by atoms with Crippen molar-refractivity contribution in [3.63, 3.8) is 0 Å². The fourth-order valence-electron chi connectivity index (χ4n) is 2.04. The van der Waals surface area contributed by atoms with E-state index in [2.05, 4.69) is 31.5 Å². The third-order valence-electron chi connectivity index (χ3n) is 3.05. The largest absolute Gasteiger partial charge is 1.00 e. The molecule has 0 bridgehead atoms. The maximum atomic E-state index is 2.28. The molecule has 0 aromatic rings. The smallest absolute Gasteiger partial charge is 0.0990 e. The van der Waals surface area contributed by atoms with Crippen molar-refractivity contribution in [2.45, 2.75) is 58.3 Å². The van der Waals surface area contributed by atoms with Crippen molar-refractivity contribution in [2.75, 3.05) is 6.54 Å². The number of hydrogen-bond acceptors (Lipinski definition) is 0. The van der Waals surface area contributed by atoms with E-state index in [0.29, 0.717) is 0 Å². The van der Waals surface area contributed by atoms with E-state index in [1.54, 1.807) is 0 Å². The van der Waals surface area contributed by atoms with Gasteiger partial charge in [-0.3, -0.25) is 4.90 Å². The molecule has 0 spiro atoms. The van der Waals surface area contributed by atoms with Crippen LogP contribution in [-0.4, -0.2) is 6.54 Å². The van der Waals surface area contributed by atoms with Gasteiger partial charge < -0.3 is 4.70 Å². The van der Waals surface area contributed by atoms with Gasteiger partial charge in [-0.1, -0.05) is 45.4 Å². The lowest BCUT2D eigenvalue weighted by Gasteiger charge is -2.06. The molecule has 1 rings (SSSR count). The first-order chi connectivity index (χ1) is 7.43. The summed E-state index contributed by atoms with van der Waals surface area (Å²) < 4.78 is 0. The second-order valence-electron chi connectivity index (χ2n) is 4.52. The highest BCUT2D eigenvalue weighted by atomic mass is 19.0. The Kier molecular flexibility index (Phi) is 10.4. The summed E-state index contributed by atoms with van der Waals surface area (Å²) >= 11 is 0. The Morgan fingerprint density at radius 3 is 1.81 bits per heavy atom. The zero-order valence-corrected chi connectivity index (χ0v) is 10.6. The van der Waals surface area contributed by atoms with Gasteiger partial charge in [0.15, 0.2) is 0 Å². The minimum Gasteiger partial charge on any atom is -1.00 e. The maximum absolute atomic E-state index is 2.28. The van der Waals surface area contributed by atoms with Crippen LogP contribution in [0, 0.1) is 0 Å². The van der Waals surface area contributed by atoms with E-state index in [0.717, 1.165) is 0 Å². The molecular formula is C14H26FN. The highest BCUT2D eigenvalue weighted by Gasteiger charge is 2.02. The fraction of sp³-hybridized carbons (Fsp3) is 0.714. The lowest BCUT2D eigenvalue weighted by atomic mass is 10.1. The molecule has 0 radical (unpaired) electrons. The van der Waals surface area contributed by atoms with Crippen LogP contribution in [-0.2, 0) is 0 Å². The van der Waals surface area contributed by atoms with E-state index in [1.807, 2.05) is 0 Å². The number of quaternary nitrogens is 1. The molecule has 0 amide bonds. The van der Waals surface area contributed by atoms with Gasteiger partial charge in [-0.2, -0.15) is 0 Å². The Labute approximate surface area is 99.6 Å². The zero-order chi connectivity index (χ0) is 10.8. The molecule has 1 N–H and O–H groups in total. The summed E-state index contributed by atoms with van der Waals surface area (Å²) in [7, 11) is 0. The van der Waals surface area contributed by atoms with Crippen LogP contribution in [0.15, 0.2) is 24.6 Å². The van der Waals surface area contributed by atoms with Gasteiger partial charge in [0.25, 0.3) is 0 Å². The molecule has 0 aromatic heterocycles. The summed E-state index contributed by atoms with van der Waals surface area (Å²) in [6.45, 7) is 3.56. The molecule has 1 heterocycles. The van der Waals surface area contributed by atoms with E-state index < -0.39 is 0 Å². The molecule has 0 saturated heterocycles. The summed E-state index contributed by atoms with van der Waals surface area (Å²) in [6, 6.07) is 0. The van der Waals surface area contributed by atoms with Crippen molar-refractivity contribution in [1.82, 2.24) is 0 Å². The van der Waals surface area contributed by atoms with Gasteiger partial charge in [-0.05, 0) is 25.0 Å². The molecule has 1 aliphatic rings. The van der Waals surface area contributed by atoms with Crippen molar-refractivity contribution in [3.05, 3.63) is 24.6 Å². The minimum absolute atomic E-state index is 0. The van der Waals surface area contributed by atoms with E-state index in [1.165, 1.54) is 62.8 Å². The molecular weight excluding hydrogens is 201 g/mol. The third kappa shape index (κ3) is 7.63. The second kappa shape index (κ2) is 10.9. The number of nitrogens with one attached hydrogen (secondary N) is 1. The van der Waals surface area contributed by atoms with Crippen molar-refractivity contribution < 1.29 is 9.60 Å². The average Bonchev–Trinajstić information content (AvgIpc) is 2.75. The molecule has 1 aliphatic heterocycles. The predicted octanol–water partition coefficient (Wildman–Crippen LogP) is 0.0570. The summed E-state index contributed by atoms with van der Waals surface area (Å²) in [6.07, 6.45) is 20.1. The Morgan fingerprint density at radius 2 is 1.25 bits per heavy atom. The van der Waals surface area contributed by atoms with Gasteiger partial charge in [-0.25, -0.2) is 0 Å². The van der Waals surface area contributed by atoms with Crippen LogP contribution in [0.4, 0.5) is 0 Å². The number of rotatable bonds is 9. The molecule has 1 nitrogen and oxygen atoms in total. The van der Waals surface area contributed by atoms with Crippen molar-refractivity contribution >= 4 is 0 Å². The first kappa shape index (κ1) is 15.4. The highest BCUT2D eigenvalue weighted by molar-refractivity contribution is 5.00. The predicted molar refractivity (Wildman–Crippen MR) is 66.7 cm³/mol. The Balaban J connectivity index is 0.00000225. The normalized spacial score (nSPS) is 14.3. The molecule has 0 saturated carbocycles. The second-order valence-corrected chi connectivity index (χ2v) is 4.52. The average molecular weight is 227 g/mol. The quantitative estimate of drug-likeness (QED) is 0.531. The maximum Gasteiger partial charge on any atom is 0.0990 e. The number of halogens is 1. The van der Waals surface area contributed by atoms with Crippen LogP contribution in [0.25, 0.3) is 0 Å². The van der Waals surface area contributed by atoms with Gasteiger partial charge in [0.1, 0.15) is 0 Å². The number of allylic oxidation sites excluding steroid dienone is 2. The zero-order valence-electron chi connectivity index (χ0n) is 10.6. The molecule has 0 aliphatic carbocycles. The molecule has 0 aromatic carbocycles. The standard InChI is InChI=1S/C14H25N.FH/c1-2-3-4-5-6-7-8-9-12-15-13-10-11-14-15;/h10-11,13-14H,2-9,12H2,1H3;1H. The van der Waals surface area contributed by atoms with Gasteiger partial charge in [0, 0.05) is 0 Å². The molecule has 16 heavy (non-hydrogen) atoms. The Bertz CT molecular complexity index is 187. The van der Waals surface area contributed by atoms with E-state index in [9.17, 15) is 0 Å². The molecule has 0 atom stereocenters. The first-order valence-electron chi connectivity index (χ1n) is 6.64. The van der Waals surface area contributed by atoms with Crippen molar-refractivity contribution in [2.24, 2.45) is 0 Å². The SMILES string of the molecule is CCCCCCCCCC[NH+]1C=CC=C1.[F-]. The lowest BCUT2D eigenvalue weighted by Crippen LogP contribution is -3.01. The first-order valence-corrected chi connectivity index (χ1v) is 6.64. The topological polar surface area (TPSA) is 4.44 Å². The summed E-state index contributed by atoms with van der Waals surface area (Å²) in [5.74, 6) is 0. The highest BCUT2D eigenvalue weighted by Crippen LogP contribution is 2.07. The minimum atomic E-state index is 0. The molecule has 94 valence electrons. The third-order valence-corrected chi connectivity index (χ3v) is 3.05. The van der Waals surface area contributed by atoms with Crippen LogP contribution in [0.3, 0.4) is 0 Å². The van der Waals surface area contributed by atoms with Crippen molar-refractivity contribution in [1.29, 1.82) is 0 Å². The van der Waals surface area contributed by atoms with Gasteiger partial charge >= 0.3 is 0 Å². The van der Waals surface area contributed by atoms with Crippen LogP contribution in [0.2, 0.25) is 0 Å². The van der Waals surface area contributed by atoms with Crippen LogP contribution in [0.1, 0.15) is 58.3 Å².